The zero-order chi connectivity index (χ0) is 14.5. The summed E-state index contributed by atoms with van der Waals surface area (Å²) in [6.45, 7) is 2.00. The molecule has 6 nitrogen and oxygen atoms in total. The minimum Gasteiger partial charge on any atom is -0.441 e. The lowest BCUT2D eigenvalue weighted by Gasteiger charge is -2.11. The first-order valence-electron chi connectivity index (χ1n) is 6.18. The van der Waals surface area contributed by atoms with Crippen molar-refractivity contribution in [2.45, 2.75) is 13.0 Å². The minimum absolute atomic E-state index is 0.171. The highest BCUT2D eigenvalue weighted by atomic mass is 16.5. The number of aromatic nitrogens is 1. The number of aryl methyl sites for hydroxylation is 1. The molecule has 1 amide bonds. The van der Waals surface area contributed by atoms with Gasteiger partial charge in [-0.2, -0.15) is 0 Å². The van der Waals surface area contributed by atoms with Gasteiger partial charge in [0, 0.05) is 18.4 Å². The second kappa shape index (κ2) is 6.31. The first kappa shape index (κ1) is 14.2. The molecule has 1 unspecified atom stereocenters. The van der Waals surface area contributed by atoms with Crippen LogP contribution in [0.3, 0.4) is 0 Å². The zero-order valence-electron chi connectivity index (χ0n) is 11.4. The lowest BCUT2D eigenvalue weighted by Crippen LogP contribution is -2.39. The molecule has 0 aliphatic heterocycles. The summed E-state index contributed by atoms with van der Waals surface area (Å²) >= 11 is 0. The third kappa shape index (κ3) is 3.43. The Morgan fingerprint density at radius 3 is 3.00 bits per heavy atom. The van der Waals surface area contributed by atoms with Crippen molar-refractivity contribution in [1.29, 1.82) is 0 Å². The standard InChI is InChI=1S/C14H17N3O3/c1-9-7-16-14(20-9)10-4-3-5-11(6-10)17-13(18)12(15)8-19-2/h3-7,12H,8,15H2,1-2H3,(H,17,18). The maximum atomic E-state index is 11.8. The van der Waals surface area contributed by atoms with E-state index in [2.05, 4.69) is 10.3 Å². The summed E-state index contributed by atoms with van der Waals surface area (Å²) in [5.41, 5.74) is 7.08. The average Bonchev–Trinajstić information content (AvgIpc) is 2.86. The summed E-state index contributed by atoms with van der Waals surface area (Å²) in [7, 11) is 1.50. The van der Waals surface area contributed by atoms with E-state index < -0.39 is 6.04 Å². The highest BCUT2D eigenvalue weighted by molar-refractivity contribution is 5.95. The van der Waals surface area contributed by atoms with Gasteiger partial charge in [0.15, 0.2) is 0 Å². The van der Waals surface area contributed by atoms with Gasteiger partial charge in [0.2, 0.25) is 11.8 Å². The summed E-state index contributed by atoms with van der Waals surface area (Å²) in [4.78, 5) is 15.9. The van der Waals surface area contributed by atoms with Gasteiger partial charge >= 0.3 is 0 Å². The first-order chi connectivity index (χ1) is 9.60. The quantitative estimate of drug-likeness (QED) is 0.864. The number of methoxy groups -OCH3 is 1. The van der Waals surface area contributed by atoms with Gasteiger partial charge in [0.1, 0.15) is 11.8 Å². The van der Waals surface area contributed by atoms with Crippen LogP contribution in [0.25, 0.3) is 11.5 Å². The Bertz CT molecular complexity index is 595. The monoisotopic (exact) mass is 275 g/mol. The fraction of sp³-hybridized carbons (Fsp3) is 0.286. The number of benzene rings is 1. The van der Waals surface area contributed by atoms with Crippen molar-refractivity contribution in [2.24, 2.45) is 5.73 Å². The van der Waals surface area contributed by atoms with Crippen molar-refractivity contribution in [3.63, 3.8) is 0 Å². The van der Waals surface area contributed by atoms with E-state index in [4.69, 9.17) is 14.9 Å². The van der Waals surface area contributed by atoms with Crippen LogP contribution >= 0.6 is 0 Å². The second-order valence-corrected chi connectivity index (χ2v) is 4.41. The molecule has 106 valence electrons. The highest BCUT2D eigenvalue weighted by Crippen LogP contribution is 2.22. The van der Waals surface area contributed by atoms with Gasteiger partial charge in [0.05, 0.1) is 12.8 Å². The number of nitrogens with two attached hydrogens (primary N) is 1. The molecule has 2 rings (SSSR count). The third-order valence-corrected chi connectivity index (χ3v) is 2.68. The van der Waals surface area contributed by atoms with E-state index in [1.807, 2.05) is 19.1 Å². The molecule has 0 bridgehead atoms. The predicted octanol–water partition coefficient (Wildman–Crippen LogP) is 1.56. The molecule has 1 atom stereocenters. The van der Waals surface area contributed by atoms with Crippen molar-refractivity contribution < 1.29 is 13.9 Å². The molecule has 3 N–H and O–H groups in total. The van der Waals surface area contributed by atoms with E-state index in [-0.39, 0.29) is 12.5 Å². The number of anilines is 1. The molecule has 6 heteroatoms. The molecule has 0 aliphatic rings. The maximum Gasteiger partial charge on any atom is 0.243 e. The highest BCUT2D eigenvalue weighted by Gasteiger charge is 2.13. The fourth-order valence-electron chi connectivity index (χ4n) is 1.71. The van der Waals surface area contributed by atoms with Crippen LogP contribution < -0.4 is 11.1 Å². The lowest BCUT2D eigenvalue weighted by atomic mass is 10.2. The molecule has 2 aromatic rings. The first-order valence-corrected chi connectivity index (χ1v) is 6.18. The Labute approximate surface area is 116 Å². The fourth-order valence-corrected chi connectivity index (χ4v) is 1.71. The van der Waals surface area contributed by atoms with E-state index in [9.17, 15) is 4.79 Å². The van der Waals surface area contributed by atoms with E-state index in [0.29, 0.717) is 11.6 Å². The van der Waals surface area contributed by atoms with Crippen molar-refractivity contribution in [3.05, 3.63) is 36.2 Å². The molecule has 0 spiro atoms. The van der Waals surface area contributed by atoms with Crippen molar-refractivity contribution in [1.82, 2.24) is 4.98 Å². The van der Waals surface area contributed by atoms with Gasteiger partial charge in [-0.1, -0.05) is 6.07 Å². The van der Waals surface area contributed by atoms with Crippen molar-refractivity contribution >= 4 is 11.6 Å². The van der Waals surface area contributed by atoms with Crippen molar-refractivity contribution in [2.75, 3.05) is 19.0 Å². The molecule has 0 saturated carbocycles. The number of nitrogens with zero attached hydrogens (tertiary/aromatic N) is 1. The summed E-state index contributed by atoms with van der Waals surface area (Å²) in [6.07, 6.45) is 1.65. The summed E-state index contributed by atoms with van der Waals surface area (Å²) < 4.78 is 10.3. The van der Waals surface area contributed by atoms with Gasteiger partial charge in [0.25, 0.3) is 0 Å². The van der Waals surface area contributed by atoms with Gasteiger partial charge in [-0.3, -0.25) is 4.79 Å². The van der Waals surface area contributed by atoms with Gasteiger partial charge in [-0.05, 0) is 25.1 Å². The van der Waals surface area contributed by atoms with Crippen molar-refractivity contribution in [3.8, 4) is 11.5 Å². The Hall–Kier alpha value is -2.18. The molecule has 0 aliphatic carbocycles. The van der Waals surface area contributed by atoms with E-state index >= 15 is 0 Å². The van der Waals surface area contributed by atoms with Crippen LogP contribution in [0.1, 0.15) is 5.76 Å². The third-order valence-electron chi connectivity index (χ3n) is 2.68. The lowest BCUT2D eigenvalue weighted by molar-refractivity contribution is -0.118. The topological polar surface area (TPSA) is 90.4 Å². The summed E-state index contributed by atoms with van der Waals surface area (Å²) in [6, 6.07) is 6.52. The average molecular weight is 275 g/mol. The molecule has 20 heavy (non-hydrogen) atoms. The molecule has 0 fully saturated rings. The van der Waals surface area contributed by atoms with Crippen LogP contribution in [0, 0.1) is 6.92 Å². The van der Waals surface area contributed by atoms with Gasteiger partial charge in [-0.15, -0.1) is 0 Å². The molecule has 0 radical (unpaired) electrons. The van der Waals surface area contributed by atoms with Gasteiger partial charge < -0.3 is 20.2 Å². The number of rotatable bonds is 5. The van der Waals surface area contributed by atoms with E-state index in [1.165, 1.54) is 7.11 Å². The predicted molar refractivity (Wildman–Crippen MR) is 75.2 cm³/mol. The number of carbonyl (C=O) groups is 1. The minimum atomic E-state index is -0.701. The van der Waals surface area contributed by atoms with Crippen LogP contribution in [0.15, 0.2) is 34.9 Å². The van der Waals surface area contributed by atoms with Crippen LogP contribution in [-0.2, 0) is 9.53 Å². The van der Waals surface area contributed by atoms with Crippen LogP contribution in [0.4, 0.5) is 5.69 Å². The smallest absolute Gasteiger partial charge is 0.243 e. The number of nitrogens with one attached hydrogen (secondary N) is 1. The van der Waals surface area contributed by atoms with E-state index in [0.717, 1.165) is 11.3 Å². The Morgan fingerprint density at radius 2 is 2.35 bits per heavy atom. The van der Waals surface area contributed by atoms with E-state index in [1.54, 1.807) is 18.3 Å². The van der Waals surface area contributed by atoms with Crippen LogP contribution in [0.2, 0.25) is 0 Å². The molecule has 1 heterocycles. The number of oxazole rings is 1. The van der Waals surface area contributed by atoms with Crippen LogP contribution in [0.5, 0.6) is 0 Å². The Kier molecular flexibility index (Phi) is 4.49. The number of ether oxygens (including phenoxy) is 1. The molecular formula is C14H17N3O3. The zero-order valence-corrected chi connectivity index (χ0v) is 11.4. The molecule has 0 saturated heterocycles. The summed E-state index contributed by atoms with van der Waals surface area (Å²) in [5.74, 6) is 0.948. The normalized spacial score (nSPS) is 12.2. The summed E-state index contributed by atoms with van der Waals surface area (Å²) in [5, 5.41) is 2.73. The second-order valence-electron chi connectivity index (χ2n) is 4.41. The van der Waals surface area contributed by atoms with Crippen LogP contribution in [-0.4, -0.2) is 30.6 Å². The Balaban J connectivity index is 2.12. The van der Waals surface area contributed by atoms with Gasteiger partial charge in [-0.25, -0.2) is 4.98 Å². The SMILES string of the molecule is COCC(N)C(=O)Nc1cccc(-c2ncc(C)o2)c1. The molecule has 1 aromatic heterocycles. The largest absolute Gasteiger partial charge is 0.441 e. The molecule has 1 aromatic carbocycles. The maximum absolute atomic E-state index is 11.8. The molecular weight excluding hydrogens is 258 g/mol. The Morgan fingerprint density at radius 1 is 1.55 bits per heavy atom. The number of carbonyl (C=O) groups excluding carboxylic acids is 1. The number of amides is 1. The number of hydrogen-bond donors (Lipinski definition) is 2. The number of hydrogen-bond acceptors (Lipinski definition) is 5.